The molecule has 1 saturated heterocycles. The second-order valence-electron chi connectivity index (χ2n) is 3.89. The van der Waals surface area contributed by atoms with Crippen molar-refractivity contribution in [3.05, 3.63) is 0 Å². The maximum atomic E-state index is 11.9. The fourth-order valence-corrected chi connectivity index (χ4v) is 1.48. The Hall–Kier alpha value is -1.14. The van der Waals surface area contributed by atoms with Crippen LogP contribution >= 0.6 is 0 Å². The van der Waals surface area contributed by atoms with E-state index in [9.17, 15) is 9.59 Å². The average molecular weight is 231 g/mol. The Morgan fingerprint density at radius 1 is 1.44 bits per heavy atom. The molecule has 0 radical (unpaired) electrons. The van der Waals surface area contributed by atoms with Crippen LogP contribution in [-0.4, -0.2) is 60.4 Å². The molecule has 0 bridgehead atoms. The van der Waals surface area contributed by atoms with E-state index in [1.54, 1.807) is 13.8 Å². The van der Waals surface area contributed by atoms with Crippen LogP contribution in [0.15, 0.2) is 0 Å². The zero-order valence-electron chi connectivity index (χ0n) is 9.51. The van der Waals surface area contributed by atoms with Crippen molar-refractivity contribution in [2.45, 2.75) is 26.0 Å². The first-order valence-electron chi connectivity index (χ1n) is 5.24. The number of carboxylic acids is 1. The van der Waals surface area contributed by atoms with Crippen LogP contribution in [0.4, 0.5) is 0 Å². The van der Waals surface area contributed by atoms with Crippen molar-refractivity contribution >= 4 is 11.9 Å². The fourth-order valence-electron chi connectivity index (χ4n) is 1.48. The van der Waals surface area contributed by atoms with Gasteiger partial charge < -0.3 is 19.5 Å². The van der Waals surface area contributed by atoms with E-state index in [2.05, 4.69) is 0 Å². The Labute approximate surface area is 94.1 Å². The Bertz CT molecular complexity index is 260. The van der Waals surface area contributed by atoms with Gasteiger partial charge in [-0.3, -0.25) is 9.59 Å². The number of amides is 1. The van der Waals surface area contributed by atoms with E-state index in [1.807, 2.05) is 0 Å². The molecule has 1 heterocycles. The molecular formula is C10H17NO5. The van der Waals surface area contributed by atoms with E-state index in [0.29, 0.717) is 13.2 Å². The SMILES string of the molecule is CC(C)N(CC(=O)O)C(=O)C1COCCO1. The highest BCUT2D eigenvalue weighted by Crippen LogP contribution is 2.08. The van der Waals surface area contributed by atoms with Crippen LogP contribution in [0.3, 0.4) is 0 Å². The Morgan fingerprint density at radius 3 is 2.56 bits per heavy atom. The number of carbonyl (C=O) groups excluding carboxylic acids is 1. The summed E-state index contributed by atoms with van der Waals surface area (Å²) in [4.78, 5) is 23.8. The number of hydrogen-bond donors (Lipinski definition) is 1. The number of nitrogens with zero attached hydrogens (tertiary/aromatic N) is 1. The van der Waals surface area contributed by atoms with Crippen molar-refractivity contribution in [2.75, 3.05) is 26.4 Å². The fraction of sp³-hybridized carbons (Fsp3) is 0.800. The first-order valence-corrected chi connectivity index (χ1v) is 5.24. The van der Waals surface area contributed by atoms with Gasteiger partial charge >= 0.3 is 5.97 Å². The highest BCUT2D eigenvalue weighted by atomic mass is 16.6. The number of carbonyl (C=O) groups is 2. The van der Waals surface area contributed by atoms with Crippen LogP contribution < -0.4 is 0 Å². The van der Waals surface area contributed by atoms with Crippen LogP contribution in [0.2, 0.25) is 0 Å². The predicted molar refractivity (Wildman–Crippen MR) is 55.0 cm³/mol. The molecule has 1 rings (SSSR count). The zero-order valence-corrected chi connectivity index (χ0v) is 9.51. The third-order valence-electron chi connectivity index (χ3n) is 2.30. The summed E-state index contributed by atoms with van der Waals surface area (Å²) in [6, 6.07) is -0.172. The standard InChI is InChI=1S/C10H17NO5/c1-7(2)11(5-9(12)13)10(14)8-6-15-3-4-16-8/h7-8H,3-6H2,1-2H3,(H,12,13). The van der Waals surface area contributed by atoms with E-state index in [1.165, 1.54) is 4.90 Å². The minimum Gasteiger partial charge on any atom is -0.480 e. The Morgan fingerprint density at radius 2 is 2.12 bits per heavy atom. The molecule has 0 spiro atoms. The summed E-state index contributed by atoms with van der Waals surface area (Å²) in [5, 5.41) is 8.71. The highest BCUT2D eigenvalue weighted by molar-refractivity contribution is 5.85. The molecule has 1 N–H and O–H groups in total. The van der Waals surface area contributed by atoms with Gasteiger partial charge in [0.1, 0.15) is 6.54 Å². The first kappa shape index (κ1) is 12.9. The van der Waals surface area contributed by atoms with Gasteiger partial charge in [0.25, 0.3) is 5.91 Å². The van der Waals surface area contributed by atoms with Gasteiger partial charge in [0.2, 0.25) is 0 Å². The monoisotopic (exact) mass is 231 g/mol. The molecule has 0 aromatic heterocycles. The lowest BCUT2D eigenvalue weighted by atomic mass is 10.2. The maximum Gasteiger partial charge on any atom is 0.323 e. The normalized spacial score (nSPS) is 20.8. The zero-order chi connectivity index (χ0) is 12.1. The quantitative estimate of drug-likeness (QED) is 0.720. The molecule has 0 aliphatic carbocycles. The van der Waals surface area contributed by atoms with Gasteiger partial charge in [-0.15, -0.1) is 0 Å². The van der Waals surface area contributed by atoms with Crippen molar-refractivity contribution in [1.82, 2.24) is 4.90 Å². The second kappa shape index (κ2) is 5.81. The van der Waals surface area contributed by atoms with Crippen molar-refractivity contribution < 1.29 is 24.2 Å². The van der Waals surface area contributed by atoms with Crippen LogP contribution in [0, 0.1) is 0 Å². The Balaban J connectivity index is 2.61. The van der Waals surface area contributed by atoms with Crippen molar-refractivity contribution in [1.29, 1.82) is 0 Å². The van der Waals surface area contributed by atoms with Gasteiger partial charge in [0.05, 0.1) is 19.8 Å². The third kappa shape index (κ3) is 3.46. The minimum absolute atomic E-state index is 0.172. The maximum absolute atomic E-state index is 11.9. The molecule has 1 atom stereocenters. The molecule has 6 nitrogen and oxygen atoms in total. The van der Waals surface area contributed by atoms with E-state index < -0.39 is 12.1 Å². The van der Waals surface area contributed by atoms with Crippen LogP contribution in [-0.2, 0) is 19.1 Å². The van der Waals surface area contributed by atoms with Gasteiger partial charge in [-0.05, 0) is 13.8 Å². The van der Waals surface area contributed by atoms with Crippen LogP contribution in [0.1, 0.15) is 13.8 Å². The smallest absolute Gasteiger partial charge is 0.323 e. The van der Waals surface area contributed by atoms with Crippen molar-refractivity contribution in [3.8, 4) is 0 Å². The molecule has 0 aromatic carbocycles. The number of ether oxygens (including phenoxy) is 2. The summed E-state index contributed by atoms with van der Waals surface area (Å²) in [7, 11) is 0. The average Bonchev–Trinajstić information content (AvgIpc) is 2.25. The van der Waals surface area contributed by atoms with Crippen molar-refractivity contribution in [2.24, 2.45) is 0 Å². The van der Waals surface area contributed by atoms with E-state index >= 15 is 0 Å². The lowest BCUT2D eigenvalue weighted by Crippen LogP contribution is -2.49. The number of carboxylic acid groups (broad SMARTS) is 1. The number of aliphatic carboxylic acids is 1. The predicted octanol–water partition coefficient (Wildman–Crippen LogP) is -0.277. The highest BCUT2D eigenvalue weighted by Gasteiger charge is 2.30. The van der Waals surface area contributed by atoms with Gasteiger partial charge in [-0.2, -0.15) is 0 Å². The second-order valence-corrected chi connectivity index (χ2v) is 3.89. The lowest BCUT2D eigenvalue weighted by Gasteiger charge is -2.30. The van der Waals surface area contributed by atoms with Gasteiger partial charge in [0.15, 0.2) is 6.10 Å². The third-order valence-corrected chi connectivity index (χ3v) is 2.30. The summed E-state index contributed by atoms with van der Waals surface area (Å²) in [6.45, 7) is 4.27. The molecule has 1 fully saturated rings. The van der Waals surface area contributed by atoms with Gasteiger partial charge in [-0.1, -0.05) is 0 Å². The first-order chi connectivity index (χ1) is 7.52. The summed E-state index contributed by atoms with van der Waals surface area (Å²) in [5.74, 6) is -1.35. The largest absolute Gasteiger partial charge is 0.480 e. The molecule has 16 heavy (non-hydrogen) atoms. The summed E-state index contributed by atoms with van der Waals surface area (Å²) < 4.78 is 10.4. The number of hydrogen-bond acceptors (Lipinski definition) is 4. The van der Waals surface area contributed by atoms with Crippen molar-refractivity contribution in [3.63, 3.8) is 0 Å². The van der Waals surface area contributed by atoms with E-state index in [4.69, 9.17) is 14.6 Å². The minimum atomic E-state index is -1.03. The molecule has 92 valence electrons. The molecule has 1 aliphatic heterocycles. The molecular weight excluding hydrogens is 214 g/mol. The van der Waals surface area contributed by atoms with Crippen LogP contribution in [0.5, 0.6) is 0 Å². The number of rotatable bonds is 4. The molecule has 6 heteroatoms. The Kier molecular flexibility index (Phi) is 4.70. The molecule has 0 saturated carbocycles. The van der Waals surface area contributed by atoms with Crippen LogP contribution in [0.25, 0.3) is 0 Å². The topological polar surface area (TPSA) is 76.1 Å². The van der Waals surface area contributed by atoms with E-state index in [0.717, 1.165) is 0 Å². The molecule has 1 aliphatic rings. The van der Waals surface area contributed by atoms with E-state index in [-0.39, 0.29) is 25.1 Å². The summed E-state index contributed by atoms with van der Waals surface area (Å²) >= 11 is 0. The molecule has 1 amide bonds. The summed E-state index contributed by atoms with van der Waals surface area (Å²) in [6.07, 6.45) is -0.671. The summed E-state index contributed by atoms with van der Waals surface area (Å²) in [5.41, 5.74) is 0. The molecule has 0 aromatic rings. The lowest BCUT2D eigenvalue weighted by molar-refractivity contribution is -0.163. The van der Waals surface area contributed by atoms with Gasteiger partial charge in [0, 0.05) is 6.04 Å². The van der Waals surface area contributed by atoms with Gasteiger partial charge in [-0.25, -0.2) is 0 Å². The molecule has 1 unspecified atom stereocenters.